The van der Waals surface area contributed by atoms with Gasteiger partial charge < -0.3 is 0 Å². The zero-order chi connectivity index (χ0) is 11.4. The van der Waals surface area contributed by atoms with Gasteiger partial charge in [-0.3, -0.25) is 4.79 Å². The van der Waals surface area contributed by atoms with Gasteiger partial charge in [-0.2, -0.15) is 0 Å². The lowest BCUT2D eigenvalue weighted by Gasteiger charge is -1.91. The van der Waals surface area contributed by atoms with Crippen LogP contribution in [0.2, 0.25) is 0 Å². The van der Waals surface area contributed by atoms with Crippen LogP contribution in [0.3, 0.4) is 0 Å². The average molecular weight is 228 g/mol. The summed E-state index contributed by atoms with van der Waals surface area (Å²) in [6, 6.07) is 13.7. The molecule has 0 atom stereocenters. The van der Waals surface area contributed by atoms with E-state index in [0.717, 1.165) is 15.3 Å². The molecular formula is C14H12OS. The minimum atomic E-state index is 0.0713. The molecule has 2 heteroatoms. The molecule has 1 heterocycles. The Labute approximate surface area is 99.1 Å². The number of carbonyl (C=O) groups is 1. The largest absolute Gasteiger partial charge is 0.288 e. The van der Waals surface area contributed by atoms with Crippen LogP contribution in [-0.4, -0.2) is 5.78 Å². The lowest BCUT2D eigenvalue weighted by molar-refractivity contribution is 0.105. The maximum atomic E-state index is 11.8. The number of carbonyl (C=O) groups excluding carboxylic acids is 1. The fraction of sp³-hybridized carbons (Fsp3) is 0.0714. The molecule has 0 aliphatic rings. The Balaban J connectivity index is 2.11. The third-order valence-electron chi connectivity index (χ3n) is 2.21. The number of ketones is 1. The molecule has 1 aromatic heterocycles. The summed E-state index contributed by atoms with van der Waals surface area (Å²) in [5.41, 5.74) is 1.05. The van der Waals surface area contributed by atoms with Crippen LogP contribution in [0.25, 0.3) is 6.08 Å². The smallest absolute Gasteiger partial charge is 0.195 e. The third kappa shape index (κ3) is 2.67. The molecule has 0 unspecified atom stereocenters. The zero-order valence-corrected chi connectivity index (χ0v) is 9.83. The Hall–Kier alpha value is -1.67. The molecule has 2 aromatic rings. The van der Waals surface area contributed by atoms with Crippen molar-refractivity contribution in [2.45, 2.75) is 6.92 Å². The predicted molar refractivity (Wildman–Crippen MR) is 68.9 cm³/mol. The van der Waals surface area contributed by atoms with Crippen LogP contribution >= 0.6 is 11.3 Å². The van der Waals surface area contributed by atoms with Crippen LogP contribution in [0, 0.1) is 6.92 Å². The number of thiophene rings is 1. The quantitative estimate of drug-likeness (QED) is 0.574. The summed E-state index contributed by atoms with van der Waals surface area (Å²) in [6.45, 7) is 2.00. The maximum absolute atomic E-state index is 11.8. The number of benzene rings is 1. The lowest BCUT2D eigenvalue weighted by atomic mass is 10.2. The second-order valence-electron chi connectivity index (χ2n) is 3.52. The number of hydrogen-bond acceptors (Lipinski definition) is 2. The van der Waals surface area contributed by atoms with Crippen molar-refractivity contribution in [2.24, 2.45) is 0 Å². The minimum Gasteiger partial charge on any atom is -0.288 e. The number of allylic oxidation sites excluding steroid dienone is 1. The van der Waals surface area contributed by atoms with E-state index in [9.17, 15) is 4.79 Å². The minimum absolute atomic E-state index is 0.0713. The molecule has 1 nitrogen and oxygen atoms in total. The van der Waals surface area contributed by atoms with Gasteiger partial charge in [0.05, 0.1) is 4.88 Å². The van der Waals surface area contributed by atoms with Crippen molar-refractivity contribution in [3.63, 3.8) is 0 Å². The fourth-order valence-corrected chi connectivity index (χ4v) is 2.17. The second-order valence-corrected chi connectivity index (χ2v) is 4.81. The van der Waals surface area contributed by atoms with E-state index in [1.807, 2.05) is 55.5 Å². The molecule has 0 spiro atoms. The topological polar surface area (TPSA) is 17.1 Å². The van der Waals surface area contributed by atoms with Crippen LogP contribution < -0.4 is 0 Å². The molecule has 0 fully saturated rings. The first-order valence-electron chi connectivity index (χ1n) is 5.09. The van der Waals surface area contributed by atoms with Gasteiger partial charge in [0.1, 0.15) is 0 Å². The lowest BCUT2D eigenvalue weighted by Crippen LogP contribution is -1.88. The highest BCUT2D eigenvalue weighted by Crippen LogP contribution is 2.16. The van der Waals surface area contributed by atoms with E-state index in [1.54, 1.807) is 6.08 Å². The fourth-order valence-electron chi connectivity index (χ4n) is 1.39. The molecule has 0 radical (unpaired) electrons. The standard InChI is InChI=1S/C14H12OS/c1-11-7-10-14(16-11)13(15)9-8-12-5-3-2-4-6-12/h2-10H,1H3/b9-8-. The molecule has 0 N–H and O–H groups in total. The summed E-state index contributed by atoms with van der Waals surface area (Å²) in [5, 5.41) is 0. The van der Waals surface area contributed by atoms with Gasteiger partial charge in [-0.25, -0.2) is 0 Å². The van der Waals surface area contributed by atoms with Gasteiger partial charge in [-0.15, -0.1) is 11.3 Å². The third-order valence-corrected chi connectivity index (χ3v) is 3.23. The first kappa shape index (κ1) is 10.8. The molecule has 80 valence electrons. The van der Waals surface area contributed by atoms with E-state index in [2.05, 4.69) is 0 Å². The highest BCUT2D eigenvalue weighted by Gasteiger charge is 2.03. The van der Waals surface area contributed by atoms with E-state index < -0.39 is 0 Å². The monoisotopic (exact) mass is 228 g/mol. The molecule has 0 saturated heterocycles. The summed E-state index contributed by atoms with van der Waals surface area (Å²) in [6.07, 6.45) is 3.47. The summed E-state index contributed by atoms with van der Waals surface area (Å²) in [7, 11) is 0. The highest BCUT2D eigenvalue weighted by atomic mass is 32.1. The van der Waals surface area contributed by atoms with Gasteiger partial charge in [0, 0.05) is 4.88 Å². The molecule has 16 heavy (non-hydrogen) atoms. The summed E-state index contributed by atoms with van der Waals surface area (Å²) in [5.74, 6) is 0.0713. The molecule has 0 aliphatic heterocycles. The maximum Gasteiger partial charge on any atom is 0.195 e. The Bertz CT molecular complexity index is 509. The summed E-state index contributed by atoms with van der Waals surface area (Å²) in [4.78, 5) is 13.7. The molecule has 0 bridgehead atoms. The van der Waals surface area contributed by atoms with Gasteiger partial charge in [0.15, 0.2) is 5.78 Å². The Kier molecular flexibility index (Phi) is 3.32. The molecule has 0 saturated carbocycles. The molecule has 0 aliphatic carbocycles. The van der Waals surface area contributed by atoms with Crippen molar-refractivity contribution in [3.05, 3.63) is 63.9 Å². The second kappa shape index (κ2) is 4.90. The van der Waals surface area contributed by atoms with Crippen LogP contribution in [-0.2, 0) is 0 Å². The predicted octanol–water partition coefficient (Wildman–Crippen LogP) is 3.95. The van der Waals surface area contributed by atoms with Crippen molar-refractivity contribution < 1.29 is 4.79 Å². The number of rotatable bonds is 3. The summed E-state index contributed by atoms with van der Waals surface area (Å²) >= 11 is 1.53. The van der Waals surface area contributed by atoms with Gasteiger partial charge in [0.2, 0.25) is 0 Å². The number of aryl methyl sites for hydroxylation is 1. The van der Waals surface area contributed by atoms with Crippen molar-refractivity contribution >= 4 is 23.2 Å². The SMILES string of the molecule is Cc1ccc(C(=O)/C=C\c2ccccc2)s1. The zero-order valence-electron chi connectivity index (χ0n) is 9.01. The molecule has 2 rings (SSSR count). The van der Waals surface area contributed by atoms with Gasteiger partial charge >= 0.3 is 0 Å². The van der Waals surface area contributed by atoms with Crippen LogP contribution in [0.15, 0.2) is 48.5 Å². The van der Waals surface area contributed by atoms with E-state index >= 15 is 0 Å². The normalized spacial score (nSPS) is 10.8. The van der Waals surface area contributed by atoms with Crippen molar-refractivity contribution in [1.82, 2.24) is 0 Å². The van der Waals surface area contributed by atoms with E-state index in [1.165, 1.54) is 11.3 Å². The van der Waals surface area contributed by atoms with Gasteiger partial charge in [-0.1, -0.05) is 36.4 Å². The Morgan fingerprint density at radius 3 is 2.50 bits per heavy atom. The molecular weight excluding hydrogens is 216 g/mol. The Morgan fingerprint density at radius 2 is 1.88 bits per heavy atom. The van der Waals surface area contributed by atoms with Crippen LogP contribution in [0.4, 0.5) is 0 Å². The Morgan fingerprint density at radius 1 is 1.12 bits per heavy atom. The van der Waals surface area contributed by atoms with Crippen LogP contribution in [0.1, 0.15) is 20.1 Å². The van der Waals surface area contributed by atoms with Crippen molar-refractivity contribution in [1.29, 1.82) is 0 Å². The molecule has 1 aromatic carbocycles. The van der Waals surface area contributed by atoms with E-state index in [-0.39, 0.29) is 5.78 Å². The summed E-state index contributed by atoms with van der Waals surface area (Å²) < 4.78 is 0. The highest BCUT2D eigenvalue weighted by molar-refractivity contribution is 7.14. The van der Waals surface area contributed by atoms with E-state index in [0.29, 0.717) is 0 Å². The average Bonchev–Trinajstić information content (AvgIpc) is 2.74. The van der Waals surface area contributed by atoms with Crippen molar-refractivity contribution in [2.75, 3.05) is 0 Å². The van der Waals surface area contributed by atoms with Crippen LogP contribution in [0.5, 0.6) is 0 Å². The van der Waals surface area contributed by atoms with E-state index in [4.69, 9.17) is 0 Å². The van der Waals surface area contributed by atoms with Gasteiger partial charge in [-0.05, 0) is 30.7 Å². The number of hydrogen-bond donors (Lipinski definition) is 0. The first-order valence-corrected chi connectivity index (χ1v) is 5.91. The van der Waals surface area contributed by atoms with Gasteiger partial charge in [0.25, 0.3) is 0 Å². The molecule has 0 amide bonds. The first-order chi connectivity index (χ1) is 7.75. The van der Waals surface area contributed by atoms with Crippen molar-refractivity contribution in [3.8, 4) is 0 Å².